The molecule has 20 heavy (non-hydrogen) atoms. The van der Waals surface area contributed by atoms with Crippen LogP contribution in [-0.2, 0) is 10.0 Å². The summed E-state index contributed by atoms with van der Waals surface area (Å²) in [7, 11) is -3.45. The molecule has 0 unspecified atom stereocenters. The summed E-state index contributed by atoms with van der Waals surface area (Å²) in [5, 5.41) is 2.27. The van der Waals surface area contributed by atoms with E-state index < -0.39 is 10.0 Å². The number of nitrogens with zero attached hydrogens (tertiary/aromatic N) is 2. The molecule has 0 radical (unpaired) electrons. The minimum absolute atomic E-state index is 0.0439. The van der Waals surface area contributed by atoms with Crippen LogP contribution in [0.4, 0.5) is 5.69 Å². The molecule has 1 aliphatic heterocycles. The number of isothiocyanates is 1. The van der Waals surface area contributed by atoms with Gasteiger partial charge in [0.25, 0.3) is 0 Å². The van der Waals surface area contributed by atoms with Crippen molar-refractivity contribution in [2.24, 2.45) is 4.99 Å². The van der Waals surface area contributed by atoms with Crippen molar-refractivity contribution in [3.63, 3.8) is 0 Å². The molecule has 0 aromatic heterocycles. The molecule has 0 aliphatic carbocycles. The molecule has 4 nitrogen and oxygen atoms in total. The number of rotatable bonds is 3. The molecular weight excluding hydrogens is 292 g/mol. The van der Waals surface area contributed by atoms with Gasteiger partial charge in [-0.05, 0) is 63.2 Å². The summed E-state index contributed by atoms with van der Waals surface area (Å²) in [5.41, 5.74) is 0.610. The van der Waals surface area contributed by atoms with E-state index in [0.29, 0.717) is 10.6 Å². The molecule has 0 spiro atoms. The number of benzene rings is 1. The van der Waals surface area contributed by atoms with Crippen LogP contribution in [0.3, 0.4) is 0 Å². The monoisotopic (exact) mass is 310 g/mol. The van der Waals surface area contributed by atoms with Gasteiger partial charge in [-0.25, -0.2) is 8.42 Å². The van der Waals surface area contributed by atoms with Crippen molar-refractivity contribution >= 4 is 33.1 Å². The minimum atomic E-state index is -3.45. The predicted octanol–water partition coefficient (Wildman–Crippen LogP) is 3.37. The Morgan fingerprint density at radius 3 is 2.25 bits per heavy atom. The highest BCUT2D eigenvalue weighted by molar-refractivity contribution is 7.89. The van der Waals surface area contributed by atoms with E-state index in [-0.39, 0.29) is 12.1 Å². The lowest BCUT2D eigenvalue weighted by molar-refractivity contribution is 0.204. The smallest absolute Gasteiger partial charge is 0.207 e. The number of piperidine rings is 1. The molecule has 108 valence electrons. The van der Waals surface area contributed by atoms with Crippen molar-refractivity contribution in [3.8, 4) is 0 Å². The Labute approximate surface area is 125 Å². The number of hydrogen-bond acceptors (Lipinski definition) is 4. The van der Waals surface area contributed by atoms with Gasteiger partial charge in [0, 0.05) is 12.1 Å². The van der Waals surface area contributed by atoms with Crippen LogP contribution in [0.2, 0.25) is 0 Å². The Kier molecular flexibility index (Phi) is 4.70. The van der Waals surface area contributed by atoms with Crippen LogP contribution in [0.5, 0.6) is 0 Å². The quantitative estimate of drug-likeness (QED) is 0.635. The molecule has 1 fully saturated rings. The van der Waals surface area contributed by atoms with Gasteiger partial charge in [0.2, 0.25) is 10.0 Å². The van der Waals surface area contributed by atoms with E-state index in [0.717, 1.165) is 19.3 Å². The fourth-order valence-electron chi connectivity index (χ4n) is 2.74. The van der Waals surface area contributed by atoms with E-state index in [1.807, 2.05) is 13.8 Å². The maximum absolute atomic E-state index is 12.7. The van der Waals surface area contributed by atoms with E-state index >= 15 is 0 Å². The number of sulfonamides is 1. The summed E-state index contributed by atoms with van der Waals surface area (Å²) in [4.78, 5) is 4.14. The standard InChI is InChI=1S/C14H18N2O2S2/c1-11-4-3-5-12(2)16(11)20(17,18)14-8-6-13(7-9-14)15-10-19/h6-9,11-12H,3-5H2,1-2H3/t11-,12+. The van der Waals surface area contributed by atoms with Crippen molar-refractivity contribution in [3.05, 3.63) is 24.3 Å². The molecule has 6 heteroatoms. The second-order valence-electron chi connectivity index (χ2n) is 5.16. The van der Waals surface area contributed by atoms with Crippen LogP contribution in [0.25, 0.3) is 0 Å². The molecule has 0 N–H and O–H groups in total. The summed E-state index contributed by atoms with van der Waals surface area (Å²) in [6, 6.07) is 6.53. The molecule has 2 atom stereocenters. The Morgan fingerprint density at radius 1 is 1.20 bits per heavy atom. The lowest BCUT2D eigenvalue weighted by Crippen LogP contribution is -2.47. The number of hydrogen-bond donors (Lipinski definition) is 0. The van der Waals surface area contributed by atoms with Gasteiger partial charge in [0.15, 0.2) is 0 Å². The average Bonchev–Trinajstić information content (AvgIpc) is 2.39. The molecule has 1 heterocycles. The van der Waals surface area contributed by atoms with Gasteiger partial charge in [-0.1, -0.05) is 6.42 Å². The molecular formula is C14H18N2O2S2. The van der Waals surface area contributed by atoms with Crippen LogP contribution in [0.15, 0.2) is 34.2 Å². The zero-order chi connectivity index (χ0) is 14.8. The lowest BCUT2D eigenvalue weighted by atomic mass is 10.0. The van der Waals surface area contributed by atoms with Gasteiger partial charge >= 0.3 is 0 Å². The minimum Gasteiger partial charge on any atom is -0.207 e. The van der Waals surface area contributed by atoms with Gasteiger partial charge in [0.05, 0.1) is 15.7 Å². The number of thiocarbonyl (C=S) groups is 1. The highest BCUT2D eigenvalue weighted by atomic mass is 32.2. The molecule has 1 saturated heterocycles. The van der Waals surface area contributed by atoms with Crippen molar-refractivity contribution < 1.29 is 8.42 Å². The molecule has 1 aliphatic rings. The van der Waals surface area contributed by atoms with Gasteiger partial charge in [-0.15, -0.1) is 0 Å². The summed E-state index contributed by atoms with van der Waals surface area (Å²) >= 11 is 4.53. The first-order chi connectivity index (χ1) is 9.46. The van der Waals surface area contributed by atoms with Gasteiger partial charge in [0.1, 0.15) is 0 Å². The molecule has 1 aromatic carbocycles. The van der Waals surface area contributed by atoms with Crippen molar-refractivity contribution in [2.45, 2.75) is 50.1 Å². The first kappa shape index (κ1) is 15.3. The predicted molar refractivity (Wildman–Crippen MR) is 82.9 cm³/mol. The SMILES string of the molecule is C[C@@H]1CCC[C@H](C)N1S(=O)(=O)c1ccc(N=C=S)cc1. The normalized spacial score (nSPS) is 24.1. The molecule has 0 amide bonds. The van der Waals surface area contributed by atoms with Gasteiger partial charge in [-0.3, -0.25) is 0 Å². The van der Waals surface area contributed by atoms with Crippen LogP contribution >= 0.6 is 12.2 Å². The van der Waals surface area contributed by atoms with E-state index in [2.05, 4.69) is 22.4 Å². The summed E-state index contributed by atoms with van der Waals surface area (Å²) in [6.45, 7) is 3.94. The zero-order valence-electron chi connectivity index (χ0n) is 11.6. The molecule has 2 rings (SSSR count). The third-order valence-corrected chi connectivity index (χ3v) is 5.93. The lowest BCUT2D eigenvalue weighted by Gasteiger charge is -2.37. The Morgan fingerprint density at radius 2 is 1.75 bits per heavy atom. The average molecular weight is 310 g/mol. The summed E-state index contributed by atoms with van der Waals surface area (Å²) in [6.07, 6.45) is 2.91. The second kappa shape index (κ2) is 6.14. The zero-order valence-corrected chi connectivity index (χ0v) is 13.2. The topological polar surface area (TPSA) is 49.7 Å². The van der Waals surface area contributed by atoms with Gasteiger partial charge in [-0.2, -0.15) is 9.30 Å². The largest absolute Gasteiger partial charge is 0.243 e. The van der Waals surface area contributed by atoms with E-state index in [1.165, 1.54) is 0 Å². The Bertz CT molecular complexity index is 609. The Balaban J connectivity index is 2.36. The molecule has 0 saturated carbocycles. The number of aliphatic imine (C=N–C) groups is 1. The fourth-order valence-corrected chi connectivity index (χ4v) is 4.73. The first-order valence-corrected chi connectivity index (χ1v) is 8.53. The van der Waals surface area contributed by atoms with E-state index in [4.69, 9.17) is 0 Å². The van der Waals surface area contributed by atoms with Crippen LogP contribution < -0.4 is 0 Å². The molecule has 0 bridgehead atoms. The Hall–Kier alpha value is -1.07. The van der Waals surface area contributed by atoms with Crippen LogP contribution in [0, 0.1) is 0 Å². The van der Waals surface area contributed by atoms with Crippen molar-refractivity contribution in [1.29, 1.82) is 0 Å². The van der Waals surface area contributed by atoms with Crippen molar-refractivity contribution in [1.82, 2.24) is 4.31 Å². The van der Waals surface area contributed by atoms with Crippen LogP contribution in [0.1, 0.15) is 33.1 Å². The second-order valence-corrected chi connectivity index (χ2v) is 7.19. The third kappa shape index (κ3) is 2.99. The maximum Gasteiger partial charge on any atom is 0.243 e. The maximum atomic E-state index is 12.7. The highest BCUT2D eigenvalue weighted by Gasteiger charge is 2.35. The fraction of sp³-hybridized carbons (Fsp3) is 0.500. The van der Waals surface area contributed by atoms with Crippen LogP contribution in [-0.4, -0.2) is 30.0 Å². The summed E-state index contributed by atoms with van der Waals surface area (Å²) < 4.78 is 27.1. The summed E-state index contributed by atoms with van der Waals surface area (Å²) in [5.74, 6) is 0. The van der Waals surface area contributed by atoms with E-state index in [1.54, 1.807) is 28.6 Å². The van der Waals surface area contributed by atoms with Crippen molar-refractivity contribution in [2.75, 3.05) is 0 Å². The van der Waals surface area contributed by atoms with E-state index in [9.17, 15) is 8.42 Å². The van der Waals surface area contributed by atoms with Gasteiger partial charge < -0.3 is 0 Å². The first-order valence-electron chi connectivity index (χ1n) is 6.68. The highest BCUT2D eigenvalue weighted by Crippen LogP contribution is 2.30. The third-order valence-electron chi connectivity index (χ3n) is 3.70. The molecule has 1 aromatic rings.